The molecule has 0 saturated carbocycles. The molecule has 1 fully saturated rings. The van der Waals surface area contributed by atoms with Gasteiger partial charge in [0.2, 0.25) is 0 Å². The van der Waals surface area contributed by atoms with Crippen LogP contribution in [-0.4, -0.2) is 64.0 Å². The molecule has 2 heterocycles. The van der Waals surface area contributed by atoms with Crippen LogP contribution in [0.25, 0.3) is 0 Å². The summed E-state index contributed by atoms with van der Waals surface area (Å²) >= 11 is 4.84. The second-order valence-corrected chi connectivity index (χ2v) is 10.9. The highest BCUT2D eigenvalue weighted by molar-refractivity contribution is 7.71. The highest BCUT2D eigenvalue weighted by Crippen LogP contribution is 2.66. The Morgan fingerprint density at radius 2 is 1.81 bits per heavy atom. The van der Waals surface area contributed by atoms with Crippen LogP contribution in [0, 0.1) is 11.6 Å². The Kier molecular flexibility index (Phi) is 7.65. The summed E-state index contributed by atoms with van der Waals surface area (Å²) in [6, 6.07) is 0. The van der Waals surface area contributed by atoms with Crippen molar-refractivity contribution in [1.82, 2.24) is 9.55 Å². The van der Waals surface area contributed by atoms with Gasteiger partial charge in [-0.3, -0.25) is 14.1 Å². The van der Waals surface area contributed by atoms with E-state index in [0.29, 0.717) is 10.1 Å². The average molecular weight is 532 g/mol. The van der Waals surface area contributed by atoms with Gasteiger partial charge in [-0.05, 0) is 6.92 Å². The number of ether oxygens (including phenoxy) is 1. The topological polar surface area (TPSA) is 247 Å². The molecule has 1 aliphatic rings. The van der Waals surface area contributed by atoms with Crippen LogP contribution in [0.1, 0.15) is 11.8 Å². The molecular weight excluding hydrogens is 516 g/mol. The number of aryl methyl sites for hydroxylation is 1. The van der Waals surface area contributed by atoms with E-state index in [4.69, 9.17) is 31.6 Å². The van der Waals surface area contributed by atoms with Gasteiger partial charge < -0.3 is 34.5 Å². The number of aromatic nitrogens is 2. The van der Waals surface area contributed by atoms with Gasteiger partial charge >= 0.3 is 29.2 Å². The lowest BCUT2D eigenvalue weighted by molar-refractivity contribution is -0.205. The van der Waals surface area contributed by atoms with Gasteiger partial charge in [-0.2, -0.15) is 8.62 Å². The summed E-state index contributed by atoms with van der Waals surface area (Å²) < 4.78 is 64.9. The molecule has 0 spiro atoms. The standard InChI is InChI=1S/C10H16FN2O14P3S/c1-4-2-13(9(16)12-7(4)31)8-5(14)6(15)10(11,25-8)3-24-29(20,21)27-30(22,23)26-28(17,18)19/h2,5-6,8,14-15H,3H2,1H3,(H,20,21)(H,22,23)(H,12,16,31)(H2,17,18,19)/t5-,6+,8-,10-/m1/s1. The van der Waals surface area contributed by atoms with E-state index in [1.165, 1.54) is 6.92 Å². The fraction of sp³-hybridized carbons (Fsp3) is 0.600. The molecule has 178 valence electrons. The number of aromatic amines is 1. The number of hydrogen-bond acceptors (Lipinski definition) is 11. The Morgan fingerprint density at radius 3 is 2.35 bits per heavy atom. The molecule has 7 N–H and O–H groups in total. The monoisotopic (exact) mass is 532 g/mol. The summed E-state index contributed by atoms with van der Waals surface area (Å²) in [6.45, 7) is -0.243. The van der Waals surface area contributed by atoms with Gasteiger partial charge in [0, 0.05) is 11.8 Å². The van der Waals surface area contributed by atoms with Gasteiger partial charge in [0.1, 0.15) is 23.5 Å². The summed E-state index contributed by atoms with van der Waals surface area (Å²) in [6.07, 6.45) is -5.34. The first-order chi connectivity index (χ1) is 13.9. The third-order valence-corrected chi connectivity index (χ3v) is 7.84. The molecule has 2 rings (SSSR count). The van der Waals surface area contributed by atoms with Crippen molar-refractivity contribution >= 4 is 35.7 Å². The molecule has 0 radical (unpaired) electrons. The predicted octanol–water partition coefficient (Wildman–Crippen LogP) is -0.526. The lowest BCUT2D eigenvalue weighted by Gasteiger charge is -2.24. The number of phosphoric ester groups is 1. The van der Waals surface area contributed by atoms with Crippen molar-refractivity contribution in [3.05, 3.63) is 26.9 Å². The highest BCUT2D eigenvalue weighted by Gasteiger charge is 2.57. The van der Waals surface area contributed by atoms with E-state index in [-0.39, 0.29) is 4.64 Å². The third-order valence-electron chi connectivity index (χ3n) is 3.63. The quantitative estimate of drug-likeness (QED) is 0.164. The minimum Gasteiger partial charge on any atom is -0.385 e. The minimum absolute atomic E-state index is 0.0356. The van der Waals surface area contributed by atoms with Crippen LogP contribution in [0.5, 0.6) is 0 Å². The maximum Gasteiger partial charge on any atom is 0.490 e. The largest absolute Gasteiger partial charge is 0.490 e. The van der Waals surface area contributed by atoms with Gasteiger partial charge in [-0.15, -0.1) is 0 Å². The maximum absolute atomic E-state index is 15.0. The molecule has 31 heavy (non-hydrogen) atoms. The first-order valence-corrected chi connectivity index (χ1v) is 12.6. The van der Waals surface area contributed by atoms with Gasteiger partial charge in [0.15, 0.2) is 6.23 Å². The molecule has 6 atom stereocenters. The molecule has 1 saturated heterocycles. The number of hydrogen-bond donors (Lipinski definition) is 7. The second kappa shape index (κ2) is 8.93. The number of aliphatic hydroxyl groups is 2. The molecular formula is C10H16FN2O14P3S. The number of alkyl halides is 1. The molecule has 21 heteroatoms. The fourth-order valence-corrected chi connectivity index (χ4v) is 5.51. The number of nitrogens with zero attached hydrogens (tertiary/aromatic N) is 1. The van der Waals surface area contributed by atoms with E-state index in [9.17, 15) is 38.0 Å². The normalized spacial score (nSPS) is 30.6. The number of rotatable bonds is 8. The van der Waals surface area contributed by atoms with Gasteiger partial charge in [-0.25, -0.2) is 22.9 Å². The molecule has 0 aromatic carbocycles. The molecule has 1 aromatic rings. The van der Waals surface area contributed by atoms with Crippen molar-refractivity contribution in [1.29, 1.82) is 0 Å². The highest BCUT2D eigenvalue weighted by atomic mass is 32.1. The number of nitrogens with one attached hydrogen (secondary N) is 1. The lowest BCUT2D eigenvalue weighted by Crippen LogP contribution is -2.43. The van der Waals surface area contributed by atoms with Crippen LogP contribution in [0.4, 0.5) is 4.39 Å². The molecule has 0 aliphatic carbocycles. The molecule has 0 amide bonds. The van der Waals surface area contributed by atoms with Crippen molar-refractivity contribution in [3.8, 4) is 0 Å². The van der Waals surface area contributed by atoms with Crippen LogP contribution < -0.4 is 5.69 Å². The van der Waals surface area contributed by atoms with Crippen LogP contribution in [0.2, 0.25) is 0 Å². The van der Waals surface area contributed by atoms with E-state index >= 15 is 0 Å². The number of phosphoric acid groups is 3. The van der Waals surface area contributed by atoms with E-state index in [2.05, 4.69) is 18.1 Å². The first kappa shape index (κ1) is 26.6. The third kappa shape index (κ3) is 6.66. The summed E-state index contributed by atoms with van der Waals surface area (Å²) in [5, 5.41) is 20.0. The lowest BCUT2D eigenvalue weighted by atomic mass is 10.1. The molecule has 1 aromatic heterocycles. The number of halogens is 1. The van der Waals surface area contributed by atoms with E-state index in [1.54, 1.807) is 0 Å². The Labute approximate surface area is 176 Å². The average Bonchev–Trinajstić information content (AvgIpc) is 2.78. The summed E-state index contributed by atoms with van der Waals surface area (Å²) in [7, 11) is -17.2. The van der Waals surface area contributed by atoms with Crippen molar-refractivity contribution < 1.29 is 65.8 Å². The minimum atomic E-state index is -5.86. The molecule has 16 nitrogen and oxygen atoms in total. The predicted molar refractivity (Wildman–Crippen MR) is 96.4 cm³/mol. The second-order valence-electron chi connectivity index (χ2n) is 6.07. The number of aliphatic hydroxyl groups excluding tert-OH is 2. The van der Waals surface area contributed by atoms with E-state index in [1.807, 2.05) is 0 Å². The molecule has 0 bridgehead atoms. The first-order valence-electron chi connectivity index (χ1n) is 7.69. The molecule has 2 unspecified atom stereocenters. The van der Waals surface area contributed by atoms with Gasteiger partial charge in [-0.1, -0.05) is 12.2 Å². The summed E-state index contributed by atoms with van der Waals surface area (Å²) in [5.74, 6) is -3.45. The van der Waals surface area contributed by atoms with Crippen LogP contribution in [-0.2, 0) is 31.6 Å². The zero-order valence-corrected chi connectivity index (χ0v) is 18.5. The summed E-state index contributed by atoms with van der Waals surface area (Å²) in [5.41, 5.74) is -0.645. The number of H-pyrrole nitrogens is 1. The molecule has 1 aliphatic heterocycles. The van der Waals surface area contributed by atoms with Gasteiger partial charge in [0.25, 0.3) is 5.85 Å². The zero-order chi connectivity index (χ0) is 24.0. The SMILES string of the molecule is Cc1cn([C@@H]2O[C@](F)(COP(=O)(O)OP(=O)(O)OP(=O)(O)O)[C@@H](O)[C@H]2O)c(=O)[nH]c1=S. The van der Waals surface area contributed by atoms with E-state index in [0.717, 1.165) is 6.20 Å². The Morgan fingerprint density at radius 1 is 1.23 bits per heavy atom. The van der Waals surface area contributed by atoms with Crippen molar-refractivity contribution in [3.63, 3.8) is 0 Å². The maximum atomic E-state index is 15.0. The van der Waals surface area contributed by atoms with Gasteiger partial charge in [0.05, 0.1) is 0 Å². The smallest absolute Gasteiger partial charge is 0.385 e. The Bertz CT molecular complexity index is 1100. The Hall–Kier alpha value is -0.680. The summed E-state index contributed by atoms with van der Waals surface area (Å²) in [4.78, 5) is 49.5. The zero-order valence-electron chi connectivity index (χ0n) is 15.0. The van der Waals surface area contributed by atoms with Crippen LogP contribution >= 0.6 is 35.7 Å². The van der Waals surface area contributed by atoms with Crippen molar-refractivity contribution in [2.24, 2.45) is 0 Å². The van der Waals surface area contributed by atoms with E-state index < -0.39 is 60.1 Å². The van der Waals surface area contributed by atoms with Crippen molar-refractivity contribution in [2.45, 2.75) is 31.2 Å². The Balaban J connectivity index is 2.18. The van der Waals surface area contributed by atoms with Crippen LogP contribution in [0.15, 0.2) is 11.0 Å². The fourth-order valence-electron chi connectivity index (χ4n) is 2.34. The van der Waals surface area contributed by atoms with Crippen molar-refractivity contribution in [2.75, 3.05) is 6.61 Å². The van der Waals surface area contributed by atoms with Crippen LogP contribution in [0.3, 0.4) is 0 Å².